The van der Waals surface area contributed by atoms with E-state index in [0.29, 0.717) is 22.9 Å². The zero-order valence-electron chi connectivity index (χ0n) is 11.0. The molecule has 6 nitrogen and oxygen atoms in total. The molecule has 6 heteroatoms. The Morgan fingerprint density at radius 3 is 2.06 bits per heavy atom. The van der Waals surface area contributed by atoms with Crippen molar-refractivity contribution in [3.8, 4) is 17.2 Å². The first kappa shape index (κ1) is 14.0. The molecule has 0 fully saturated rings. The second-order valence-corrected chi connectivity index (χ2v) is 3.44. The van der Waals surface area contributed by atoms with Gasteiger partial charge in [-0.1, -0.05) is 0 Å². The van der Waals surface area contributed by atoms with Gasteiger partial charge in [0, 0.05) is 24.9 Å². The van der Waals surface area contributed by atoms with Crippen LogP contribution >= 0.6 is 0 Å². The van der Waals surface area contributed by atoms with Gasteiger partial charge in [0.15, 0.2) is 11.5 Å². The van der Waals surface area contributed by atoms with Crippen LogP contribution in [0.4, 0.5) is 5.69 Å². The number of benzene rings is 1. The van der Waals surface area contributed by atoms with E-state index in [-0.39, 0.29) is 12.5 Å². The van der Waals surface area contributed by atoms with E-state index in [1.165, 1.54) is 7.11 Å². The van der Waals surface area contributed by atoms with Crippen LogP contribution in [0.3, 0.4) is 0 Å². The molecule has 1 rings (SSSR count). The fraction of sp³-hybridized carbons (Fsp3) is 0.417. The van der Waals surface area contributed by atoms with Crippen molar-refractivity contribution in [1.82, 2.24) is 5.32 Å². The number of hydrogen-bond donors (Lipinski definition) is 2. The molecule has 0 aliphatic carbocycles. The van der Waals surface area contributed by atoms with Gasteiger partial charge in [-0.3, -0.25) is 4.79 Å². The minimum absolute atomic E-state index is 0.108. The molecule has 0 unspecified atom stereocenters. The van der Waals surface area contributed by atoms with Crippen LogP contribution in [0.25, 0.3) is 0 Å². The van der Waals surface area contributed by atoms with E-state index in [0.717, 1.165) is 0 Å². The number of ether oxygens (including phenoxy) is 3. The third-order valence-corrected chi connectivity index (χ3v) is 2.40. The van der Waals surface area contributed by atoms with Gasteiger partial charge in [-0.15, -0.1) is 0 Å². The highest BCUT2D eigenvalue weighted by molar-refractivity contribution is 5.80. The molecule has 0 radical (unpaired) electrons. The molecule has 1 amide bonds. The molecule has 1 aromatic carbocycles. The zero-order valence-corrected chi connectivity index (χ0v) is 11.0. The third kappa shape index (κ3) is 3.19. The summed E-state index contributed by atoms with van der Waals surface area (Å²) in [6, 6.07) is 3.48. The third-order valence-electron chi connectivity index (χ3n) is 2.40. The molecule has 100 valence electrons. The number of amides is 1. The SMILES string of the molecule is CNC(=O)CNc1cc(OC)c(OC)c(OC)c1. The Bertz CT molecular complexity index is 396. The van der Waals surface area contributed by atoms with E-state index in [4.69, 9.17) is 14.2 Å². The molecule has 0 atom stereocenters. The van der Waals surface area contributed by atoms with E-state index in [2.05, 4.69) is 10.6 Å². The lowest BCUT2D eigenvalue weighted by Crippen LogP contribution is -2.26. The van der Waals surface area contributed by atoms with Crippen molar-refractivity contribution < 1.29 is 19.0 Å². The Morgan fingerprint density at radius 1 is 1.11 bits per heavy atom. The lowest BCUT2D eigenvalue weighted by molar-refractivity contribution is -0.118. The van der Waals surface area contributed by atoms with Gasteiger partial charge in [0.2, 0.25) is 11.7 Å². The predicted molar refractivity (Wildman–Crippen MR) is 68.7 cm³/mol. The number of methoxy groups -OCH3 is 3. The van der Waals surface area contributed by atoms with Crippen LogP contribution in [0.5, 0.6) is 17.2 Å². The second kappa shape index (κ2) is 6.58. The van der Waals surface area contributed by atoms with E-state index in [1.54, 1.807) is 33.4 Å². The fourth-order valence-corrected chi connectivity index (χ4v) is 1.45. The first-order valence-electron chi connectivity index (χ1n) is 5.40. The Morgan fingerprint density at radius 2 is 1.67 bits per heavy atom. The summed E-state index contributed by atoms with van der Waals surface area (Å²) in [5, 5.41) is 5.49. The fourth-order valence-electron chi connectivity index (χ4n) is 1.45. The van der Waals surface area contributed by atoms with Crippen LogP contribution in [-0.4, -0.2) is 40.8 Å². The van der Waals surface area contributed by atoms with Gasteiger partial charge < -0.3 is 24.8 Å². The highest BCUT2D eigenvalue weighted by atomic mass is 16.5. The van der Waals surface area contributed by atoms with Gasteiger partial charge in [-0.05, 0) is 0 Å². The van der Waals surface area contributed by atoms with E-state index < -0.39 is 0 Å². The number of likely N-dealkylation sites (N-methyl/N-ethyl adjacent to an activating group) is 1. The topological polar surface area (TPSA) is 68.8 Å². The lowest BCUT2D eigenvalue weighted by atomic mass is 10.2. The smallest absolute Gasteiger partial charge is 0.239 e. The molecule has 0 saturated carbocycles. The number of carbonyl (C=O) groups excluding carboxylic acids is 1. The zero-order chi connectivity index (χ0) is 13.5. The summed E-state index contributed by atoms with van der Waals surface area (Å²) in [5.74, 6) is 1.49. The van der Waals surface area contributed by atoms with E-state index in [9.17, 15) is 4.79 Å². The second-order valence-electron chi connectivity index (χ2n) is 3.44. The molecule has 2 N–H and O–H groups in total. The van der Waals surface area contributed by atoms with Gasteiger partial charge in [0.1, 0.15) is 0 Å². The number of nitrogens with one attached hydrogen (secondary N) is 2. The molecule has 0 aromatic heterocycles. The average Bonchev–Trinajstić information content (AvgIpc) is 2.43. The Kier molecular flexibility index (Phi) is 5.10. The van der Waals surface area contributed by atoms with Crippen LogP contribution in [0.15, 0.2) is 12.1 Å². The number of anilines is 1. The highest BCUT2D eigenvalue weighted by Gasteiger charge is 2.13. The number of carbonyl (C=O) groups is 1. The molecule has 0 saturated heterocycles. The Labute approximate surface area is 106 Å². The van der Waals surface area contributed by atoms with Gasteiger partial charge >= 0.3 is 0 Å². The maximum atomic E-state index is 11.2. The maximum absolute atomic E-state index is 11.2. The summed E-state index contributed by atoms with van der Waals surface area (Å²) in [4.78, 5) is 11.2. The highest BCUT2D eigenvalue weighted by Crippen LogP contribution is 2.39. The van der Waals surface area contributed by atoms with Gasteiger partial charge in [0.25, 0.3) is 0 Å². The summed E-state index contributed by atoms with van der Waals surface area (Å²) >= 11 is 0. The van der Waals surface area contributed by atoms with Gasteiger partial charge in [-0.2, -0.15) is 0 Å². The van der Waals surface area contributed by atoms with Gasteiger partial charge in [-0.25, -0.2) is 0 Å². The monoisotopic (exact) mass is 254 g/mol. The normalized spacial score (nSPS) is 9.56. The van der Waals surface area contributed by atoms with Crippen LogP contribution in [0, 0.1) is 0 Å². The first-order chi connectivity index (χ1) is 8.65. The van der Waals surface area contributed by atoms with Crippen molar-refractivity contribution in [3.63, 3.8) is 0 Å². The van der Waals surface area contributed by atoms with Crippen molar-refractivity contribution in [2.75, 3.05) is 40.2 Å². The molecule has 0 heterocycles. The van der Waals surface area contributed by atoms with Crippen molar-refractivity contribution >= 4 is 11.6 Å². The Hall–Kier alpha value is -2.11. The summed E-state index contributed by atoms with van der Waals surface area (Å²) in [6.45, 7) is 0.176. The molecule has 0 spiro atoms. The van der Waals surface area contributed by atoms with Crippen LogP contribution in [0.1, 0.15) is 0 Å². The largest absolute Gasteiger partial charge is 0.493 e. The maximum Gasteiger partial charge on any atom is 0.239 e. The minimum atomic E-state index is -0.108. The summed E-state index contributed by atoms with van der Waals surface area (Å²) in [7, 11) is 6.21. The van der Waals surface area contributed by atoms with Crippen LogP contribution in [0.2, 0.25) is 0 Å². The van der Waals surface area contributed by atoms with E-state index >= 15 is 0 Å². The number of hydrogen-bond acceptors (Lipinski definition) is 5. The van der Waals surface area contributed by atoms with Crippen molar-refractivity contribution in [3.05, 3.63) is 12.1 Å². The molecular weight excluding hydrogens is 236 g/mol. The summed E-state index contributed by atoms with van der Waals surface area (Å²) in [5.41, 5.74) is 0.716. The lowest BCUT2D eigenvalue weighted by Gasteiger charge is -2.14. The summed E-state index contributed by atoms with van der Waals surface area (Å²) < 4.78 is 15.6. The molecule has 18 heavy (non-hydrogen) atoms. The first-order valence-corrected chi connectivity index (χ1v) is 5.40. The molecule has 0 bridgehead atoms. The van der Waals surface area contributed by atoms with Crippen molar-refractivity contribution in [2.24, 2.45) is 0 Å². The van der Waals surface area contributed by atoms with Gasteiger partial charge in [0.05, 0.1) is 27.9 Å². The van der Waals surface area contributed by atoms with Crippen molar-refractivity contribution in [2.45, 2.75) is 0 Å². The number of rotatable bonds is 6. The molecular formula is C12H18N2O4. The van der Waals surface area contributed by atoms with Crippen LogP contribution in [-0.2, 0) is 4.79 Å². The average molecular weight is 254 g/mol. The predicted octanol–water partition coefficient (Wildman–Crippen LogP) is 0.870. The standard InChI is InChI=1S/C12H18N2O4/c1-13-11(15)7-14-8-5-9(16-2)12(18-4)10(6-8)17-3/h5-6,14H,7H2,1-4H3,(H,13,15). The van der Waals surface area contributed by atoms with Crippen LogP contribution < -0.4 is 24.8 Å². The molecule has 0 aliphatic heterocycles. The van der Waals surface area contributed by atoms with E-state index in [1.807, 2.05) is 0 Å². The summed E-state index contributed by atoms with van der Waals surface area (Å²) in [6.07, 6.45) is 0. The Balaban J connectivity index is 2.96. The molecule has 0 aliphatic rings. The minimum Gasteiger partial charge on any atom is -0.493 e. The quantitative estimate of drug-likeness (QED) is 0.788. The van der Waals surface area contributed by atoms with Crippen molar-refractivity contribution in [1.29, 1.82) is 0 Å². The molecule has 1 aromatic rings.